The number of carboxylic acid groups (broad SMARTS) is 1. The summed E-state index contributed by atoms with van der Waals surface area (Å²) in [6.45, 7) is 2.24. The van der Waals surface area contributed by atoms with E-state index in [0.717, 1.165) is 10.9 Å². The Kier molecular flexibility index (Phi) is 4.08. The van der Waals surface area contributed by atoms with Crippen LogP contribution in [0.25, 0.3) is 10.9 Å². The van der Waals surface area contributed by atoms with Crippen LogP contribution in [0, 0.1) is 11.8 Å². The van der Waals surface area contributed by atoms with Gasteiger partial charge in [0, 0.05) is 24.7 Å². The fraction of sp³-hybridized carbons (Fsp3) is 0.375. The summed E-state index contributed by atoms with van der Waals surface area (Å²) in [6.07, 6.45) is 2.16. The van der Waals surface area contributed by atoms with Gasteiger partial charge in [-0.1, -0.05) is 13.0 Å². The lowest BCUT2D eigenvalue weighted by molar-refractivity contribution is -0.143. The number of aliphatic carboxylic acids is 1. The van der Waals surface area contributed by atoms with Gasteiger partial charge in [-0.3, -0.25) is 9.78 Å². The third-order valence-electron chi connectivity index (χ3n) is 4.19. The number of carboxylic acids is 1. The molecule has 1 aromatic heterocycles. The lowest BCUT2D eigenvalue weighted by atomic mass is 9.92. The molecule has 0 amide bonds. The summed E-state index contributed by atoms with van der Waals surface area (Å²) >= 11 is 0. The molecule has 1 aliphatic rings. The molecule has 0 spiro atoms. The van der Waals surface area contributed by atoms with Crippen molar-refractivity contribution in [3.63, 3.8) is 0 Å². The van der Waals surface area contributed by atoms with Crippen LogP contribution in [0.5, 0.6) is 0 Å². The summed E-state index contributed by atoms with van der Waals surface area (Å²) in [5.74, 6) is -1.59. The lowest BCUT2D eigenvalue weighted by Crippen LogP contribution is -2.45. The Morgan fingerprint density at radius 3 is 2.83 bits per heavy atom. The summed E-state index contributed by atoms with van der Waals surface area (Å²) in [5.41, 5.74) is 0.724. The molecule has 2 heterocycles. The zero-order valence-electron chi connectivity index (χ0n) is 12.7. The van der Waals surface area contributed by atoms with E-state index in [1.165, 1.54) is 10.4 Å². The number of sulfonamides is 1. The highest BCUT2D eigenvalue weighted by Gasteiger charge is 2.36. The molecule has 23 heavy (non-hydrogen) atoms. The minimum atomic E-state index is -3.71. The number of benzene rings is 1. The molecule has 1 aromatic carbocycles. The number of hydrogen-bond acceptors (Lipinski definition) is 4. The Labute approximate surface area is 134 Å². The van der Waals surface area contributed by atoms with E-state index in [-0.39, 0.29) is 17.4 Å². The van der Waals surface area contributed by atoms with Crippen molar-refractivity contribution in [2.75, 3.05) is 13.1 Å². The zero-order chi connectivity index (χ0) is 16.6. The van der Waals surface area contributed by atoms with E-state index in [0.29, 0.717) is 13.0 Å². The van der Waals surface area contributed by atoms with Crippen LogP contribution >= 0.6 is 0 Å². The highest BCUT2D eigenvalue weighted by atomic mass is 32.2. The van der Waals surface area contributed by atoms with E-state index >= 15 is 0 Å². The third-order valence-corrected chi connectivity index (χ3v) is 6.02. The van der Waals surface area contributed by atoms with Crippen molar-refractivity contribution in [1.29, 1.82) is 0 Å². The number of piperidine rings is 1. The number of aromatic nitrogens is 1. The van der Waals surface area contributed by atoms with Gasteiger partial charge in [-0.15, -0.1) is 0 Å². The number of carbonyl (C=O) groups is 1. The van der Waals surface area contributed by atoms with Crippen molar-refractivity contribution in [2.24, 2.45) is 11.8 Å². The van der Waals surface area contributed by atoms with Crippen molar-refractivity contribution in [3.05, 3.63) is 36.5 Å². The van der Waals surface area contributed by atoms with Gasteiger partial charge < -0.3 is 5.11 Å². The molecule has 122 valence electrons. The van der Waals surface area contributed by atoms with E-state index < -0.39 is 21.9 Å². The quantitative estimate of drug-likeness (QED) is 0.927. The molecule has 3 rings (SSSR count). The molecule has 1 aliphatic heterocycles. The smallest absolute Gasteiger partial charge is 0.307 e. The second-order valence-corrected chi connectivity index (χ2v) is 7.99. The van der Waals surface area contributed by atoms with E-state index in [2.05, 4.69) is 4.98 Å². The molecule has 2 atom stereocenters. The average Bonchev–Trinajstić information content (AvgIpc) is 2.53. The first-order valence-corrected chi connectivity index (χ1v) is 8.89. The summed E-state index contributed by atoms with van der Waals surface area (Å²) in [7, 11) is -3.71. The maximum Gasteiger partial charge on any atom is 0.307 e. The minimum Gasteiger partial charge on any atom is -0.481 e. The maximum atomic E-state index is 12.9. The van der Waals surface area contributed by atoms with Crippen LogP contribution in [0.15, 0.2) is 41.4 Å². The monoisotopic (exact) mass is 334 g/mol. The van der Waals surface area contributed by atoms with Gasteiger partial charge in [-0.05, 0) is 36.6 Å². The van der Waals surface area contributed by atoms with E-state index in [1.807, 2.05) is 6.92 Å². The first-order valence-electron chi connectivity index (χ1n) is 7.45. The number of fused-ring (bicyclic) bond motifs is 1. The van der Waals surface area contributed by atoms with Crippen molar-refractivity contribution < 1.29 is 18.3 Å². The molecule has 6 nitrogen and oxygen atoms in total. The van der Waals surface area contributed by atoms with Crippen LogP contribution in [0.3, 0.4) is 0 Å². The summed E-state index contributed by atoms with van der Waals surface area (Å²) < 4.78 is 27.0. The number of nitrogens with zero attached hydrogens (tertiary/aromatic N) is 2. The average molecular weight is 334 g/mol. The molecule has 0 aliphatic carbocycles. The molecule has 1 N–H and O–H groups in total. The summed E-state index contributed by atoms with van der Waals surface area (Å²) in [4.78, 5) is 15.6. The van der Waals surface area contributed by atoms with Gasteiger partial charge in [0.2, 0.25) is 10.0 Å². The SMILES string of the molecule is CC1CC(C(=O)O)CN(S(=O)(=O)c2ccc3ncccc3c2)C1. The van der Waals surface area contributed by atoms with E-state index in [1.54, 1.807) is 30.5 Å². The van der Waals surface area contributed by atoms with E-state index in [4.69, 9.17) is 0 Å². The Hall–Kier alpha value is -1.99. The fourth-order valence-corrected chi connectivity index (χ4v) is 4.68. The molecule has 0 radical (unpaired) electrons. The highest BCUT2D eigenvalue weighted by molar-refractivity contribution is 7.89. The molecule has 2 unspecified atom stereocenters. The van der Waals surface area contributed by atoms with Crippen molar-refractivity contribution in [3.8, 4) is 0 Å². The van der Waals surface area contributed by atoms with Gasteiger partial charge in [-0.25, -0.2) is 8.42 Å². The van der Waals surface area contributed by atoms with Crippen LogP contribution in [0.1, 0.15) is 13.3 Å². The molecule has 0 bridgehead atoms. The Bertz CT molecular complexity index is 850. The number of rotatable bonds is 3. The van der Waals surface area contributed by atoms with Crippen molar-refractivity contribution in [1.82, 2.24) is 9.29 Å². The largest absolute Gasteiger partial charge is 0.481 e. The Morgan fingerprint density at radius 2 is 2.09 bits per heavy atom. The Balaban J connectivity index is 1.97. The van der Waals surface area contributed by atoms with Crippen molar-refractivity contribution in [2.45, 2.75) is 18.2 Å². The van der Waals surface area contributed by atoms with Crippen LogP contribution in [-0.2, 0) is 14.8 Å². The molecule has 1 fully saturated rings. The standard InChI is InChI=1S/C16H18N2O4S/c1-11-7-13(16(19)20)10-18(9-11)23(21,22)14-4-5-15-12(8-14)3-2-6-17-15/h2-6,8,11,13H,7,9-10H2,1H3,(H,19,20). The first kappa shape index (κ1) is 15.9. The van der Waals surface area contributed by atoms with Gasteiger partial charge in [0.25, 0.3) is 0 Å². The molecule has 0 saturated carbocycles. The van der Waals surface area contributed by atoms with Gasteiger partial charge in [0.05, 0.1) is 16.3 Å². The second-order valence-electron chi connectivity index (χ2n) is 6.06. The van der Waals surface area contributed by atoms with Gasteiger partial charge in [-0.2, -0.15) is 4.31 Å². The summed E-state index contributed by atoms with van der Waals surface area (Å²) in [5, 5.41) is 9.97. The predicted octanol–water partition coefficient (Wildman–Crippen LogP) is 1.97. The van der Waals surface area contributed by atoms with Gasteiger partial charge in [0.15, 0.2) is 0 Å². The Morgan fingerprint density at radius 1 is 1.30 bits per heavy atom. The van der Waals surface area contributed by atoms with E-state index in [9.17, 15) is 18.3 Å². The molecular formula is C16H18N2O4S. The summed E-state index contributed by atoms with van der Waals surface area (Å²) in [6, 6.07) is 8.35. The number of pyridine rings is 1. The van der Waals surface area contributed by atoms with Crippen LogP contribution in [-0.4, -0.2) is 41.9 Å². The zero-order valence-corrected chi connectivity index (χ0v) is 13.5. The van der Waals surface area contributed by atoms with Crippen LogP contribution in [0.2, 0.25) is 0 Å². The highest BCUT2D eigenvalue weighted by Crippen LogP contribution is 2.28. The van der Waals surface area contributed by atoms with Gasteiger partial charge in [0.1, 0.15) is 0 Å². The third kappa shape index (κ3) is 3.07. The number of hydrogen-bond donors (Lipinski definition) is 1. The minimum absolute atomic E-state index is 0.0155. The topological polar surface area (TPSA) is 87.6 Å². The van der Waals surface area contributed by atoms with Crippen LogP contribution < -0.4 is 0 Å². The fourth-order valence-electron chi connectivity index (χ4n) is 3.04. The predicted molar refractivity (Wildman–Crippen MR) is 85.4 cm³/mol. The molecule has 7 heteroatoms. The second kappa shape index (κ2) is 5.90. The van der Waals surface area contributed by atoms with Gasteiger partial charge >= 0.3 is 5.97 Å². The first-order chi connectivity index (χ1) is 10.9. The molecular weight excluding hydrogens is 316 g/mol. The maximum absolute atomic E-state index is 12.9. The van der Waals surface area contributed by atoms with Crippen molar-refractivity contribution >= 4 is 26.9 Å². The normalized spacial score (nSPS) is 23.0. The molecule has 2 aromatic rings. The lowest BCUT2D eigenvalue weighted by Gasteiger charge is -2.33. The molecule has 1 saturated heterocycles. The van der Waals surface area contributed by atoms with Crippen LogP contribution in [0.4, 0.5) is 0 Å².